The van der Waals surface area contributed by atoms with Crippen molar-refractivity contribution in [2.75, 3.05) is 13.1 Å². The van der Waals surface area contributed by atoms with Gasteiger partial charge in [0.1, 0.15) is 5.82 Å². The van der Waals surface area contributed by atoms with Crippen LogP contribution in [0.25, 0.3) is 0 Å². The molecule has 3 heteroatoms. The molecule has 0 saturated carbocycles. The van der Waals surface area contributed by atoms with Gasteiger partial charge in [-0.15, -0.1) is 0 Å². The minimum absolute atomic E-state index is 0.154. The summed E-state index contributed by atoms with van der Waals surface area (Å²) in [6.45, 7) is 4.37. The third kappa shape index (κ3) is 2.46. The molecule has 0 aliphatic carbocycles. The third-order valence-corrected chi connectivity index (χ3v) is 4.40. The Labute approximate surface area is 105 Å². The highest BCUT2D eigenvalue weighted by atomic mass is 79.9. The molecular formula is C13H17BrFN. The lowest BCUT2D eigenvalue weighted by molar-refractivity contribution is 0.329. The maximum atomic E-state index is 13.4. The molecule has 1 N–H and O–H groups in total. The fraction of sp³-hybridized carbons (Fsp3) is 0.538. The fourth-order valence-electron chi connectivity index (χ4n) is 2.47. The first-order valence-electron chi connectivity index (χ1n) is 5.84. The number of rotatable bonds is 2. The van der Waals surface area contributed by atoms with Crippen molar-refractivity contribution in [1.29, 1.82) is 0 Å². The molecule has 0 bridgehead atoms. The van der Waals surface area contributed by atoms with E-state index >= 15 is 0 Å². The summed E-state index contributed by atoms with van der Waals surface area (Å²) in [6, 6.07) is 5.33. The predicted octanol–water partition coefficient (Wildman–Crippen LogP) is 3.69. The summed E-state index contributed by atoms with van der Waals surface area (Å²) < 4.78 is 14.1. The van der Waals surface area contributed by atoms with Crippen LogP contribution in [-0.2, 0) is 0 Å². The Morgan fingerprint density at radius 3 is 2.75 bits per heavy atom. The van der Waals surface area contributed by atoms with Gasteiger partial charge >= 0.3 is 0 Å². The van der Waals surface area contributed by atoms with E-state index in [1.807, 2.05) is 6.07 Å². The molecule has 1 nitrogen and oxygen atoms in total. The summed E-state index contributed by atoms with van der Waals surface area (Å²) >= 11 is 3.36. The number of hydrogen-bond acceptors (Lipinski definition) is 1. The zero-order valence-corrected chi connectivity index (χ0v) is 11.1. The van der Waals surface area contributed by atoms with Crippen LogP contribution in [0.5, 0.6) is 0 Å². The summed E-state index contributed by atoms with van der Waals surface area (Å²) in [5.41, 5.74) is 1.10. The molecule has 1 aliphatic heterocycles. The SMILES string of the molecule is CC(c1cccc(F)c1Br)C1CCNCC1. The van der Waals surface area contributed by atoms with Crippen LogP contribution >= 0.6 is 15.9 Å². The zero-order chi connectivity index (χ0) is 11.5. The summed E-state index contributed by atoms with van der Waals surface area (Å²) in [6.07, 6.45) is 2.37. The molecule has 0 spiro atoms. The van der Waals surface area contributed by atoms with E-state index in [2.05, 4.69) is 28.2 Å². The number of piperidine rings is 1. The monoisotopic (exact) mass is 285 g/mol. The maximum Gasteiger partial charge on any atom is 0.137 e. The van der Waals surface area contributed by atoms with Crippen molar-refractivity contribution in [2.24, 2.45) is 5.92 Å². The molecule has 1 aromatic rings. The molecule has 1 atom stereocenters. The Bertz CT molecular complexity index is 361. The molecule has 1 saturated heterocycles. The topological polar surface area (TPSA) is 12.0 Å². The van der Waals surface area contributed by atoms with Crippen LogP contribution in [0.1, 0.15) is 31.2 Å². The molecule has 16 heavy (non-hydrogen) atoms. The molecule has 2 rings (SSSR count). The lowest BCUT2D eigenvalue weighted by Crippen LogP contribution is -2.30. The zero-order valence-electron chi connectivity index (χ0n) is 9.47. The highest BCUT2D eigenvalue weighted by molar-refractivity contribution is 9.10. The Hall–Kier alpha value is -0.410. The second-order valence-electron chi connectivity index (χ2n) is 4.52. The van der Waals surface area contributed by atoms with Crippen molar-refractivity contribution >= 4 is 15.9 Å². The minimum atomic E-state index is -0.154. The second kappa shape index (κ2) is 5.28. The summed E-state index contributed by atoms with van der Waals surface area (Å²) in [5.74, 6) is 0.935. The van der Waals surface area contributed by atoms with E-state index in [1.165, 1.54) is 18.9 Å². The molecule has 1 aromatic carbocycles. The van der Waals surface area contributed by atoms with Gasteiger partial charge in [0.2, 0.25) is 0 Å². The molecule has 1 aliphatic rings. The van der Waals surface area contributed by atoms with Gasteiger partial charge in [0.25, 0.3) is 0 Å². The predicted molar refractivity (Wildman–Crippen MR) is 68.1 cm³/mol. The fourth-order valence-corrected chi connectivity index (χ4v) is 3.10. The standard InChI is InChI=1S/C13H17BrFN/c1-9(10-5-7-16-8-6-10)11-3-2-4-12(15)13(11)14/h2-4,9-10,16H,5-8H2,1H3. The smallest absolute Gasteiger partial charge is 0.137 e. The van der Waals surface area contributed by atoms with Gasteiger partial charge in [0.15, 0.2) is 0 Å². The van der Waals surface area contributed by atoms with Gasteiger partial charge < -0.3 is 5.32 Å². The highest BCUT2D eigenvalue weighted by Gasteiger charge is 2.23. The van der Waals surface area contributed by atoms with Crippen molar-refractivity contribution in [3.63, 3.8) is 0 Å². The van der Waals surface area contributed by atoms with E-state index in [9.17, 15) is 4.39 Å². The molecule has 0 aromatic heterocycles. The second-order valence-corrected chi connectivity index (χ2v) is 5.31. The summed E-state index contributed by atoms with van der Waals surface area (Å²) in [5, 5.41) is 3.36. The van der Waals surface area contributed by atoms with E-state index in [0.717, 1.165) is 18.7 Å². The highest BCUT2D eigenvalue weighted by Crippen LogP contribution is 2.35. The first-order valence-corrected chi connectivity index (χ1v) is 6.64. The number of benzene rings is 1. The van der Waals surface area contributed by atoms with Gasteiger partial charge in [-0.25, -0.2) is 4.39 Å². The summed E-state index contributed by atoms with van der Waals surface area (Å²) in [4.78, 5) is 0. The van der Waals surface area contributed by atoms with E-state index in [1.54, 1.807) is 6.07 Å². The van der Waals surface area contributed by atoms with Crippen LogP contribution in [0, 0.1) is 11.7 Å². The van der Waals surface area contributed by atoms with Crippen LogP contribution < -0.4 is 5.32 Å². The quantitative estimate of drug-likeness (QED) is 0.874. The van der Waals surface area contributed by atoms with Crippen LogP contribution in [0.4, 0.5) is 4.39 Å². The Kier molecular flexibility index (Phi) is 3.98. The Balaban J connectivity index is 2.19. The van der Waals surface area contributed by atoms with Crippen molar-refractivity contribution in [3.8, 4) is 0 Å². The molecule has 88 valence electrons. The van der Waals surface area contributed by atoms with Crippen LogP contribution in [0.3, 0.4) is 0 Å². The number of halogens is 2. The lowest BCUT2D eigenvalue weighted by Gasteiger charge is -2.29. The van der Waals surface area contributed by atoms with Gasteiger partial charge in [-0.1, -0.05) is 19.1 Å². The average Bonchev–Trinajstić information content (AvgIpc) is 2.33. The first kappa shape index (κ1) is 12.1. The largest absolute Gasteiger partial charge is 0.317 e. The summed E-state index contributed by atoms with van der Waals surface area (Å²) in [7, 11) is 0. The van der Waals surface area contributed by atoms with Gasteiger partial charge in [-0.3, -0.25) is 0 Å². The molecule has 1 fully saturated rings. The first-order chi connectivity index (χ1) is 7.70. The van der Waals surface area contributed by atoms with Gasteiger partial charge in [-0.2, -0.15) is 0 Å². The molecule has 0 radical (unpaired) electrons. The number of nitrogens with one attached hydrogen (secondary N) is 1. The van der Waals surface area contributed by atoms with Crippen LogP contribution in [0.15, 0.2) is 22.7 Å². The van der Waals surface area contributed by atoms with Crippen molar-refractivity contribution in [3.05, 3.63) is 34.1 Å². The van der Waals surface area contributed by atoms with E-state index in [0.29, 0.717) is 16.3 Å². The molecule has 1 heterocycles. The normalized spacial score (nSPS) is 19.7. The van der Waals surface area contributed by atoms with Crippen LogP contribution in [-0.4, -0.2) is 13.1 Å². The molecule has 1 unspecified atom stereocenters. The van der Waals surface area contributed by atoms with Gasteiger partial charge in [0.05, 0.1) is 4.47 Å². The Morgan fingerprint density at radius 2 is 2.06 bits per heavy atom. The van der Waals surface area contributed by atoms with Gasteiger partial charge in [-0.05, 0) is 65.3 Å². The van der Waals surface area contributed by atoms with Crippen LogP contribution in [0.2, 0.25) is 0 Å². The Morgan fingerprint density at radius 1 is 1.38 bits per heavy atom. The maximum absolute atomic E-state index is 13.4. The average molecular weight is 286 g/mol. The van der Waals surface area contributed by atoms with E-state index in [-0.39, 0.29) is 5.82 Å². The van der Waals surface area contributed by atoms with Crippen molar-refractivity contribution in [1.82, 2.24) is 5.32 Å². The molecular weight excluding hydrogens is 269 g/mol. The third-order valence-electron chi connectivity index (χ3n) is 3.56. The van der Waals surface area contributed by atoms with E-state index in [4.69, 9.17) is 0 Å². The van der Waals surface area contributed by atoms with Gasteiger partial charge in [0, 0.05) is 0 Å². The molecule has 0 amide bonds. The lowest BCUT2D eigenvalue weighted by atomic mass is 9.82. The van der Waals surface area contributed by atoms with Crippen molar-refractivity contribution in [2.45, 2.75) is 25.7 Å². The van der Waals surface area contributed by atoms with Crippen molar-refractivity contribution < 1.29 is 4.39 Å². The number of hydrogen-bond donors (Lipinski definition) is 1. The minimum Gasteiger partial charge on any atom is -0.317 e. The van der Waals surface area contributed by atoms with E-state index < -0.39 is 0 Å².